The predicted octanol–water partition coefficient (Wildman–Crippen LogP) is 3.99. The molecule has 8 atom stereocenters. The third kappa shape index (κ3) is 1.78. The number of fused-ring (bicyclic) bond motifs is 9. The van der Waals surface area contributed by atoms with E-state index < -0.39 is 6.29 Å². The first-order valence-corrected chi connectivity index (χ1v) is 8.95. The normalized spacial score (nSPS) is 51.7. The van der Waals surface area contributed by atoms with Crippen LogP contribution in [0.15, 0.2) is 12.2 Å². The van der Waals surface area contributed by atoms with Crippen molar-refractivity contribution in [3.8, 4) is 0 Å². The van der Waals surface area contributed by atoms with Crippen molar-refractivity contribution < 1.29 is 9.84 Å². The van der Waals surface area contributed by atoms with E-state index in [0.717, 1.165) is 35.2 Å². The van der Waals surface area contributed by atoms with Crippen molar-refractivity contribution in [2.45, 2.75) is 64.8 Å². The van der Waals surface area contributed by atoms with Crippen LogP contribution in [0.2, 0.25) is 0 Å². The SMILES string of the molecule is C=C(C)C(O)OC1(C(C)C)CC2CC1C1C3CCC(C3)C21. The second-order valence-corrected chi connectivity index (χ2v) is 8.72. The van der Waals surface area contributed by atoms with E-state index in [9.17, 15) is 5.11 Å². The molecule has 0 aromatic heterocycles. The Morgan fingerprint density at radius 1 is 1.14 bits per heavy atom. The second-order valence-electron chi connectivity index (χ2n) is 8.72. The molecule has 2 nitrogen and oxygen atoms in total. The van der Waals surface area contributed by atoms with Gasteiger partial charge in [0.1, 0.15) is 0 Å². The highest BCUT2D eigenvalue weighted by Crippen LogP contribution is 2.71. The van der Waals surface area contributed by atoms with Crippen molar-refractivity contribution in [2.75, 3.05) is 0 Å². The standard InChI is InChI=1S/C19H30O2/c1-10(2)18(20)21-19(11(3)4)9-14-8-15(19)17-13-6-5-12(7-13)16(14)17/h11-18,20H,1,5-9H2,2-4H3. The van der Waals surface area contributed by atoms with Crippen molar-refractivity contribution in [3.05, 3.63) is 12.2 Å². The molecular formula is C19H30O2. The molecule has 0 aliphatic heterocycles. The molecule has 0 amide bonds. The van der Waals surface area contributed by atoms with Gasteiger partial charge in [-0.05, 0) is 86.0 Å². The molecule has 4 bridgehead atoms. The van der Waals surface area contributed by atoms with E-state index in [-0.39, 0.29) is 5.60 Å². The number of rotatable bonds is 4. The van der Waals surface area contributed by atoms with Gasteiger partial charge in [-0.3, -0.25) is 0 Å². The lowest BCUT2D eigenvalue weighted by atomic mass is 9.63. The van der Waals surface area contributed by atoms with Gasteiger partial charge in [-0.25, -0.2) is 0 Å². The number of hydrogen-bond acceptors (Lipinski definition) is 2. The summed E-state index contributed by atoms with van der Waals surface area (Å²) in [5, 5.41) is 10.3. The zero-order valence-corrected chi connectivity index (χ0v) is 13.7. The summed E-state index contributed by atoms with van der Waals surface area (Å²) in [6.07, 6.45) is 6.15. The molecule has 8 unspecified atom stereocenters. The Labute approximate surface area is 129 Å². The quantitative estimate of drug-likeness (QED) is 0.482. The maximum atomic E-state index is 10.3. The largest absolute Gasteiger partial charge is 0.364 e. The maximum Gasteiger partial charge on any atom is 0.177 e. The Balaban J connectivity index is 1.64. The van der Waals surface area contributed by atoms with E-state index in [1.165, 1.54) is 32.1 Å². The molecule has 4 aliphatic carbocycles. The first kappa shape index (κ1) is 14.3. The van der Waals surface area contributed by atoms with Crippen LogP contribution in [0.25, 0.3) is 0 Å². The highest BCUT2D eigenvalue weighted by Gasteiger charge is 2.68. The van der Waals surface area contributed by atoms with E-state index in [2.05, 4.69) is 20.4 Å². The van der Waals surface area contributed by atoms with Gasteiger partial charge in [0, 0.05) is 0 Å². The third-order valence-corrected chi connectivity index (χ3v) is 7.55. The number of ether oxygens (including phenoxy) is 1. The molecule has 4 rings (SSSR count). The van der Waals surface area contributed by atoms with E-state index >= 15 is 0 Å². The average molecular weight is 290 g/mol. The summed E-state index contributed by atoms with van der Waals surface area (Å²) in [5.41, 5.74) is 0.636. The molecule has 0 saturated heterocycles. The zero-order valence-electron chi connectivity index (χ0n) is 13.7. The summed E-state index contributed by atoms with van der Waals surface area (Å²) < 4.78 is 6.33. The van der Waals surface area contributed by atoms with Crippen molar-refractivity contribution in [1.29, 1.82) is 0 Å². The number of hydrogen-bond donors (Lipinski definition) is 1. The Kier molecular flexibility index (Phi) is 3.11. The molecule has 118 valence electrons. The van der Waals surface area contributed by atoms with E-state index in [1.54, 1.807) is 0 Å². The van der Waals surface area contributed by atoms with Gasteiger partial charge in [0.2, 0.25) is 0 Å². The summed E-state index contributed by atoms with van der Waals surface area (Å²) in [4.78, 5) is 0. The molecule has 4 aliphatic rings. The van der Waals surface area contributed by atoms with Crippen LogP contribution in [0, 0.1) is 41.4 Å². The van der Waals surface area contributed by atoms with Gasteiger partial charge in [0.05, 0.1) is 5.60 Å². The van der Waals surface area contributed by atoms with Crippen LogP contribution >= 0.6 is 0 Å². The molecule has 0 aromatic carbocycles. The van der Waals surface area contributed by atoms with Gasteiger partial charge in [0.25, 0.3) is 0 Å². The first-order chi connectivity index (χ1) is 9.94. The molecule has 0 aromatic rings. The predicted molar refractivity (Wildman–Crippen MR) is 83.5 cm³/mol. The number of aliphatic hydroxyl groups excluding tert-OH is 1. The molecule has 21 heavy (non-hydrogen) atoms. The molecule has 0 spiro atoms. The minimum Gasteiger partial charge on any atom is -0.364 e. The molecule has 4 saturated carbocycles. The fourth-order valence-electron chi connectivity index (χ4n) is 6.87. The van der Waals surface area contributed by atoms with Crippen LogP contribution in [0.4, 0.5) is 0 Å². The molecule has 4 fully saturated rings. The van der Waals surface area contributed by atoms with Crippen LogP contribution in [0.3, 0.4) is 0 Å². The fraction of sp³-hybridized carbons (Fsp3) is 0.895. The summed E-state index contributed by atoms with van der Waals surface area (Å²) in [5.74, 6) is 5.87. The van der Waals surface area contributed by atoms with Crippen molar-refractivity contribution in [2.24, 2.45) is 41.4 Å². The van der Waals surface area contributed by atoms with Gasteiger partial charge >= 0.3 is 0 Å². The molecule has 0 heterocycles. The van der Waals surface area contributed by atoms with E-state index in [0.29, 0.717) is 11.8 Å². The topological polar surface area (TPSA) is 29.5 Å². The van der Waals surface area contributed by atoms with Crippen LogP contribution < -0.4 is 0 Å². The maximum absolute atomic E-state index is 10.3. The third-order valence-electron chi connectivity index (χ3n) is 7.55. The Morgan fingerprint density at radius 3 is 2.43 bits per heavy atom. The van der Waals surface area contributed by atoms with Crippen molar-refractivity contribution >= 4 is 0 Å². The van der Waals surface area contributed by atoms with Gasteiger partial charge in [0.15, 0.2) is 6.29 Å². The fourth-order valence-corrected chi connectivity index (χ4v) is 6.87. The second kappa shape index (κ2) is 4.58. The van der Waals surface area contributed by atoms with E-state index in [1.807, 2.05) is 6.92 Å². The minimum atomic E-state index is -0.788. The van der Waals surface area contributed by atoms with Crippen LogP contribution in [-0.4, -0.2) is 17.0 Å². The monoisotopic (exact) mass is 290 g/mol. The average Bonchev–Trinajstić information content (AvgIpc) is 3.15. The number of aliphatic hydroxyl groups is 1. The highest BCUT2D eigenvalue weighted by atomic mass is 16.6. The van der Waals surface area contributed by atoms with Gasteiger partial charge in [-0.15, -0.1) is 0 Å². The lowest BCUT2D eigenvalue weighted by Gasteiger charge is -2.49. The summed E-state index contributed by atoms with van der Waals surface area (Å²) in [6.45, 7) is 10.3. The highest BCUT2D eigenvalue weighted by molar-refractivity contribution is 5.17. The van der Waals surface area contributed by atoms with Crippen LogP contribution in [0.1, 0.15) is 52.9 Å². The van der Waals surface area contributed by atoms with Crippen molar-refractivity contribution in [1.82, 2.24) is 0 Å². The molecule has 1 N–H and O–H groups in total. The lowest BCUT2D eigenvalue weighted by Crippen LogP contribution is -2.52. The Bertz CT molecular complexity index is 456. The zero-order chi connectivity index (χ0) is 14.9. The summed E-state index contributed by atoms with van der Waals surface area (Å²) >= 11 is 0. The Hall–Kier alpha value is -0.340. The van der Waals surface area contributed by atoms with E-state index in [4.69, 9.17) is 4.74 Å². The van der Waals surface area contributed by atoms with Gasteiger partial charge in [-0.2, -0.15) is 0 Å². The van der Waals surface area contributed by atoms with Crippen molar-refractivity contribution in [3.63, 3.8) is 0 Å². The van der Waals surface area contributed by atoms with Crippen LogP contribution in [-0.2, 0) is 4.74 Å². The van der Waals surface area contributed by atoms with Gasteiger partial charge in [-0.1, -0.05) is 20.4 Å². The minimum absolute atomic E-state index is 0.102. The molecular weight excluding hydrogens is 260 g/mol. The molecule has 2 heteroatoms. The Morgan fingerprint density at radius 2 is 1.81 bits per heavy atom. The lowest BCUT2D eigenvalue weighted by molar-refractivity contribution is -0.219. The first-order valence-electron chi connectivity index (χ1n) is 8.95. The summed E-state index contributed by atoms with van der Waals surface area (Å²) in [6, 6.07) is 0. The van der Waals surface area contributed by atoms with Crippen LogP contribution in [0.5, 0.6) is 0 Å². The molecule has 0 radical (unpaired) electrons. The van der Waals surface area contributed by atoms with Gasteiger partial charge < -0.3 is 9.84 Å². The summed E-state index contributed by atoms with van der Waals surface area (Å²) in [7, 11) is 0. The smallest absolute Gasteiger partial charge is 0.177 e.